The van der Waals surface area contributed by atoms with E-state index in [4.69, 9.17) is 0 Å². The molecular weight excluding hydrogens is 402 g/mol. The van der Waals surface area contributed by atoms with E-state index in [-0.39, 0.29) is 11.8 Å². The first kappa shape index (κ1) is 21.7. The van der Waals surface area contributed by atoms with Crippen LogP contribution in [0, 0.1) is 13.8 Å². The minimum Gasteiger partial charge on any atom is -0.335 e. The fourth-order valence-corrected chi connectivity index (χ4v) is 4.25. The quantitative estimate of drug-likeness (QED) is 0.633. The molecule has 7 heteroatoms. The average molecular weight is 432 g/mol. The summed E-state index contributed by atoms with van der Waals surface area (Å²) < 4.78 is 2.15. The SMILES string of the molecule is Cc1cc(C(=O)N2CCN(C(=O)c3cnccn3)CC2)c(C)n1-c1cccc(C(C)C)c1. The van der Waals surface area contributed by atoms with Gasteiger partial charge in [-0.15, -0.1) is 0 Å². The van der Waals surface area contributed by atoms with Gasteiger partial charge in [0.05, 0.1) is 11.8 Å². The van der Waals surface area contributed by atoms with Crippen LogP contribution in [-0.4, -0.2) is 62.3 Å². The van der Waals surface area contributed by atoms with E-state index in [9.17, 15) is 9.59 Å². The number of hydrogen-bond donors (Lipinski definition) is 0. The van der Waals surface area contributed by atoms with Gasteiger partial charge < -0.3 is 14.4 Å². The van der Waals surface area contributed by atoms with Gasteiger partial charge in [0.2, 0.25) is 0 Å². The van der Waals surface area contributed by atoms with Gasteiger partial charge in [-0.25, -0.2) is 4.98 Å². The molecule has 3 heterocycles. The van der Waals surface area contributed by atoms with E-state index >= 15 is 0 Å². The molecule has 0 aliphatic carbocycles. The third kappa shape index (κ3) is 4.15. The van der Waals surface area contributed by atoms with Crippen molar-refractivity contribution >= 4 is 11.8 Å². The van der Waals surface area contributed by atoms with Gasteiger partial charge in [0, 0.05) is 55.6 Å². The van der Waals surface area contributed by atoms with Crippen molar-refractivity contribution in [3.63, 3.8) is 0 Å². The predicted octanol–water partition coefficient (Wildman–Crippen LogP) is 3.61. The molecule has 2 aromatic heterocycles. The zero-order valence-corrected chi connectivity index (χ0v) is 19.1. The largest absolute Gasteiger partial charge is 0.335 e. The number of aromatic nitrogens is 3. The highest BCUT2D eigenvalue weighted by Gasteiger charge is 2.28. The van der Waals surface area contributed by atoms with Crippen LogP contribution >= 0.6 is 0 Å². The summed E-state index contributed by atoms with van der Waals surface area (Å²) in [7, 11) is 0. The fraction of sp³-hybridized carbons (Fsp3) is 0.360. The second-order valence-electron chi connectivity index (χ2n) is 8.54. The standard InChI is InChI=1S/C25H29N5O2/c1-17(2)20-6-5-7-21(15-20)30-18(3)14-22(19(30)4)24(31)28-10-12-29(13-11-28)25(32)23-16-26-8-9-27-23/h5-9,14-17H,10-13H2,1-4H3. The second kappa shape index (κ2) is 8.94. The summed E-state index contributed by atoms with van der Waals surface area (Å²) in [5.41, 5.74) is 5.36. The molecule has 1 aromatic carbocycles. The molecule has 1 saturated heterocycles. The van der Waals surface area contributed by atoms with Gasteiger partial charge in [-0.3, -0.25) is 14.6 Å². The molecule has 3 aromatic rings. The van der Waals surface area contributed by atoms with E-state index in [1.807, 2.05) is 24.8 Å². The number of nitrogens with zero attached hydrogens (tertiary/aromatic N) is 5. The first-order valence-electron chi connectivity index (χ1n) is 11.0. The maximum Gasteiger partial charge on any atom is 0.274 e. The molecule has 1 aliphatic heterocycles. The van der Waals surface area contributed by atoms with Gasteiger partial charge in [-0.2, -0.15) is 0 Å². The van der Waals surface area contributed by atoms with E-state index in [0.717, 1.165) is 17.1 Å². The molecule has 0 bridgehead atoms. The molecule has 32 heavy (non-hydrogen) atoms. The molecule has 1 aliphatic rings. The third-order valence-electron chi connectivity index (χ3n) is 6.09. The summed E-state index contributed by atoms with van der Waals surface area (Å²) in [4.78, 5) is 37.5. The monoisotopic (exact) mass is 431 g/mol. The first-order chi connectivity index (χ1) is 15.4. The number of benzene rings is 1. The highest BCUT2D eigenvalue weighted by molar-refractivity contribution is 5.96. The molecular formula is C25H29N5O2. The lowest BCUT2D eigenvalue weighted by Crippen LogP contribution is -2.50. The molecule has 0 radical (unpaired) electrons. The normalized spacial score (nSPS) is 14.2. The van der Waals surface area contributed by atoms with Crippen LogP contribution in [0.4, 0.5) is 0 Å². The molecule has 0 spiro atoms. The van der Waals surface area contributed by atoms with E-state index < -0.39 is 0 Å². The number of piperazine rings is 1. The maximum absolute atomic E-state index is 13.3. The highest BCUT2D eigenvalue weighted by atomic mass is 16.2. The van der Waals surface area contributed by atoms with E-state index in [1.165, 1.54) is 18.0 Å². The minimum atomic E-state index is -0.145. The van der Waals surface area contributed by atoms with Crippen LogP contribution in [0.1, 0.15) is 57.6 Å². The van der Waals surface area contributed by atoms with Crippen LogP contribution in [0.15, 0.2) is 48.9 Å². The van der Waals surface area contributed by atoms with Crippen molar-refractivity contribution in [2.75, 3.05) is 26.2 Å². The molecule has 0 unspecified atom stereocenters. The number of amides is 2. The number of aryl methyl sites for hydroxylation is 1. The van der Waals surface area contributed by atoms with Crippen molar-refractivity contribution in [3.05, 3.63) is 77.1 Å². The van der Waals surface area contributed by atoms with Crippen molar-refractivity contribution in [1.82, 2.24) is 24.3 Å². The molecule has 0 atom stereocenters. The van der Waals surface area contributed by atoms with Crippen molar-refractivity contribution in [2.45, 2.75) is 33.6 Å². The lowest BCUT2D eigenvalue weighted by atomic mass is 10.0. The number of rotatable bonds is 4. The Balaban J connectivity index is 1.50. The number of carbonyl (C=O) groups excluding carboxylic acids is 2. The van der Waals surface area contributed by atoms with Crippen LogP contribution in [0.25, 0.3) is 5.69 Å². The van der Waals surface area contributed by atoms with Crippen molar-refractivity contribution in [1.29, 1.82) is 0 Å². The smallest absolute Gasteiger partial charge is 0.274 e. The second-order valence-corrected chi connectivity index (χ2v) is 8.54. The zero-order valence-electron chi connectivity index (χ0n) is 19.1. The Kier molecular flexibility index (Phi) is 6.08. The maximum atomic E-state index is 13.3. The Bertz CT molecular complexity index is 1130. The summed E-state index contributed by atoms with van der Waals surface area (Å²) in [5, 5.41) is 0. The average Bonchev–Trinajstić information content (AvgIpc) is 3.12. The Morgan fingerprint density at radius 2 is 1.62 bits per heavy atom. The van der Waals surface area contributed by atoms with Crippen molar-refractivity contribution in [3.8, 4) is 5.69 Å². The molecule has 166 valence electrons. The van der Waals surface area contributed by atoms with Gasteiger partial charge in [0.25, 0.3) is 11.8 Å². The van der Waals surface area contributed by atoms with Gasteiger partial charge in [0.15, 0.2) is 0 Å². The first-order valence-corrected chi connectivity index (χ1v) is 11.0. The van der Waals surface area contributed by atoms with Crippen LogP contribution < -0.4 is 0 Å². The molecule has 4 rings (SSSR count). The topological polar surface area (TPSA) is 71.3 Å². The van der Waals surface area contributed by atoms with Gasteiger partial charge in [-0.1, -0.05) is 26.0 Å². The molecule has 0 saturated carbocycles. The van der Waals surface area contributed by atoms with Crippen molar-refractivity contribution in [2.24, 2.45) is 0 Å². The lowest BCUT2D eigenvalue weighted by Gasteiger charge is -2.34. The highest BCUT2D eigenvalue weighted by Crippen LogP contribution is 2.25. The van der Waals surface area contributed by atoms with Crippen LogP contribution in [0.5, 0.6) is 0 Å². The number of carbonyl (C=O) groups is 2. The third-order valence-corrected chi connectivity index (χ3v) is 6.09. The van der Waals surface area contributed by atoms with Crippen LogP contribution in [0.3, 0.4) is 0 Å². The van der Waals surface area contributed by atoms with Gasteiger partial charge in [0.1, 0.15) is 5.69 Å². The number of hydrogen-bond acceptors (Lipinski definition) is 4. The van der Waals surface area contributed by atoms with E-state index in [2.05, 4.69) is 52.6 Å². The zero-order chi connectivity index (χ0) is 22.8. The molecule has 1 fully saturated rings. The Labute approximate surface area is 188 Å². The van der Waals surface area contributed by atoms with Crippen molar-refractivity contribution < 1.29 is 9.59 Å². The Hall–Kier alpha value is -3.48. The molecule has 2 amide bonds. The Morgan fingerprint density at radius 1 is 0.938 bits per heavy atom. The summed E-state index contributed by atoms with van der Waals surface area (Å²) >= 11 is 0. The summed E-state index contributed by atoms with van der Waals surface area (Å²) in [6, 6.07) is 10.4. The minimum absolute atomic E-state index is 0.0102. The summed E-state index contributed by atoms with van der Waals surface area (Å²) in [6.45, 7) is 10.3. The molecule has 7 nitrogen and oxygen atoms in total. The Morgan fingerprint density at radius 3 is 2.25 bits per heavy atom. The fourth-order valence-electron chi connectivity index (χ4n) is 4.25. The lowest BCUT2D eigenvalue weighted by molar-refractivity contribution is 0.0531. The van der Waals surface area contributed by atoms with Gasteiger partial charge in [-0.05, 0) is 43.5 Å². The van der Waals surface area contributed by atoms with E-state index in [0.29, 0.717) is 43.4 Å². The molecule has 0 N–H and O–H groups in total. The van der Waals surface area contributed by atoms with Gasteiger partial charge >= 0.3 is 0 Å². The summed E-state index contributed by atoms with van der Waals surface area (Å²) in [6.07, 6.45) is 4.53. The predicted molar refractivity (Wildman–Crippen MR) is 123 cm³/mol. The van der Waals surface area contributed by atoms with E-state index in [1.54, 1.807) is 11.1 Å². The summed E-state index contributed by atoms with van der Waals surface area (Å²) in [5.74, 6) is 0.303. The van der Waals surface area contributed by atoms with Crippen LogP contribution in [-0.2, 0) is 0 Å². The van der Waals surface area contributed by atoms with Crippen LogP contribution in [0.2, 0.25) is 0 Å².